The minimum atomic E-state index is -0.331. The number of anilines is 1. The van der Waals surface area contributed by atoms with E-state index in [0.717, 1.165) is 24.8 Å². The van der Waals surface area contributed by atoms with Gasteiger partial charge in [0.25, 0.3) is 0 Å². The zero-order valence-corrected chi connectivity index (χ0v) is 17.0. The predicted molar refractivity (Wildman–Crippen MR) is 106 cm³/mol. The molecule has 1 aliphatic carbocycles. The fraction of sp³-hybridized carbons (Fsp3) is 0.474. The zero-order valence-electron chi connectivity index (χ0n) is 15.3. The van der Waals surface area contributed by atoms with Crippen molar-refractivity contribution in [2.45, 2.75) is 39.2 Å². The van der Waals surface area contributed by atoms with Crippen molar-refractivity contribution in [1.29, 1.82) is 0 Å². The van der Waals surface area contributed by atoms with Crippen LogP contribution in [0, 0.1) is 0 Å². The highest BCUT2D eigenvalue weighted by molar-refractivity contribution is 7.17. The van der Waals surface area contributed by atoms with E-state index < -0.39 is 0 Å². The van der Waals surface area contributed by atoms with Gasteiger partial charge in [-0.25, -0.2) is 4.79 Å². The molecule has 0 saturated carbocycles. The van der Waals surface area contributed by atoms with E-state index >= 15 is 0 Å². The Hall–Kier alpha value is -1.70. The highest BCUT2D eigenvalue weighted by atomic mass is 32.1. The summed E-state index contributed by atoms with van der Waals surface area (Å²) in [5, 5.41) is 5.63. The van der Waals surface area contributed by atoms with Gasteiger partial charge >= 0.3 is 5.97 Å². The Morgan fingerprint density at radius 1 is 1.38 bits per heavy atom. The number of nitrogens with zero attached hydrogens (tertiary/aromatic N) is 1. The van der Waals surface area contributed by atoms with Crippen molar-refractivity contribution >= 4 is 39.6 Å². The minimum Gasteiger partial charge on any atom is -0.462 e. The van der Waals surface area contributed by atoms with E-state index in [4.69, 9.17) is 4.74 Å². The van der Waals surface area contributed by atoms with E-state index in [1.54, 1.807) is 18.3 Å². The van der Waals surface area contributed by atoms with Crippen LogP contribution >= 0.6 is 22.7 Å². The molecular formula is C19H24N2O3S2. The number of carbonyl (C=O) groups is 2. The average Bonchev–Trinajstić information content (AvgIpc) is 3.30. The number of rotatable bonds is 7. The Kier molecular flexibility index (Phi) is 6.11. The van der Waals surface area contributed by atoms with Crippen LogP contribution in [0.2, 0.25) is 0 Å². The largest absolute Gasteiger partial charge is 0.462 e. The summed E-state index contributed by atoms with van der Waals surface area (Å²) in [6.45, 7) is 4.48. The zero-order chi connectivity index (χ0) is 18.7. The first kappa shape index (κ1) is 19.1. The summed E-state index contributed by atoms with van der Waals surface area (Å²) in [5.74, 6) is -0.441. The van der Waals surface area contributed by atoms with Gasteiger partial charge in [0, 0.05) is 15.8 Å². The Balaban J connectivity index is 1.70. The molecule has 0 bridgehead atoms. The third-order valence-electron chi connectivity index (χ3n) is 4.66. The molecule has 2 heterocycles. The van der Waals surface area contributed by atoms with Crippen LogP contribution in [0.15, 0.2) is 17.5 Å². The average molecular weight is 393 g/mol. The normalized spacial score (nSPS) is 14.3. The third kappa shape index (κ3) is 4.00. The fourth-order valence-corrected chi connectivity index (χ4v) is 5.33. The third-order valence-corrected chi connectivity index (χ3v) is 6.91. The Morgan fingerprint density at radius 3 is 2.88 bits per heavy atom. The molecule has 1 unspecified atom stereocenters. The number of carbonyl (C=O) groups excluding carboxylic acids is 2. The van der Waals surface area contributed by atoms with Crippen LogP contribution in [0.25, 0.3) is 0 Å². The van der Waals surface area contributed by atoms with Crippen LogP contribution in [0.5, 0.6) is 0 Å². The van der Waals surface area contributed by atoms with Crippen LogP contribution in [0.3, 0.4) is 0 Å². The van der Waals surface area contributed by atoms with Gasteiger partial charge in [0.15, 0.2) is 0 Å². The van der Waals surface area contributed by atoms with Crippen molar-refractivity contribution in [2.24, 2.45) is 0 Å². The van der Waals surface area contributed by atoms with Crippen LogP contribution < -0.4 is 5.32 Å². The standard InChI is InChI=1S/C19H24N2O3S2/c1-4-24-19(23)17-13-7-5-8-15(13)26-18(17)20-16(22)11-21(3)12(2)14-9-6-10-25-14/h6,9-10,12H,4-5,7-8,11H2,1-3H3,(H,20,22). The maximum Gasteiger partial charge on any atom is 0.341 e. The van der Waals surface area contributed by atoms with Gasteiger partial charge in [0.05, 0.1) is 18.7 Å². The molecule has 140 valence electrons. The number of fused-ring (bicyclic) bond motifs is 1. The van der Waals surface area contributed by atoms with E-state index in [2.05, 4.69) is 18.3 Å². The number of amides is 1. The molecule has 0 fully saturated rings. The van der Waals surface area contributed by atoms with Crippen molar-refractivity contribution < 1.29 is 14.3 Å². The summed E-state index contributed by atoms with van der Waals surface area (Å²) in [6, 6.07) is 4.26. The topological polar surface area (TPSA) is 58.6 Å². The number of nitrogens with one attached hydrogen (secondary N) is 1. The Morgan fingerprint density at radius 2 is 2.19 bits per heavy atom. The van der Waals surface area contributed by atoms with E-state index in [0.29, 0.717) is 17.2 Å². The van der Waals surface area contributed by atoms with E-state index in [1.165, 1.54) is 21.1 Å². The fourth-order valence-electron chi connectivity index (χ4n) is 3.19. The second kappa shape index (κ2) is 8.33. The van der Waals surface area contributed by atoms with Gasteiger partial charge in [-0.2, -0.15) is 0 Å². The first-order valence-electron chi connectivity index (χ1n) is 8.86. The minimum absolute atomic E-state index is 0.110. The van der Waals surface area contributed by atoms with Crippen molar-refractivity contribution in [3.05, 3.63) is 38.4 Å². The smallest absolute Gasteiger partial charge is 0.341 e. The van der Waals surface area contributed by atoms with Gasteiger partial charge in [-0.3, -0.25) is 9.69 Å². The summed E-state index contributed by atoms with van der Waals surface area (Å²) >= 11 is 3.20. The van der Waals surface area contributed by atoms with E-state index in [1.807, 2.05) is 23.4 Å². The molecule has 2 aromatic rings. The van der Waals surface area contributed by atoms with Crippen LogP contribution in [-0.2, 0) is 22.4 Å². The van der Waals surface area contributed by atoms with Crippen molar-refractivity contribution in [3.63, 3.8) is 0 Å². The lowest BCUT2D eigenvalue weighted by Crippen LogP contribution is -2.32. The molecule has 26 heavy (non-hydrogen) atoms. The maximum atomic E-state index is 12.6. The molecule has 0 aromatic carbocycles. The number of aryl methyl sites for hydroxylation is 1. The number of hydrogen-bond donors (Lipinski definition) is 1. The summed E-state index contributed by atoms with van der Waals surface area (Å²) in [5.41, 5.74) is 1.62. The highest BCUT2D eigenvalue weighted by Crippen LogP contribution is 2.39. The molecule has 0 spiro atoms. The maximum absolute atomic E-state index is 12.6. The van der Waals surface area contributed by atoms with Gasteiger partial charge in [0.1, 0.15) is 5.00 Å². The summed E-state index contributed by atoms with van der Waals surface area (Å²) in [4.78, 5) is 29.4. The SMILES string of the molecule is CCOC(=O)c1c(NC(=O)CN(C)C(C)c2cccs2)sc2c1CCC2. The first-order valence-corrected chi connectivity index (χ1v) is 10.6. The first-order chi connectivity index (χ1) is 12.5. The number of ether oxygens (including phenoxy) is 1. The molecule has 2 aromatic heterocycles. The molecule has 1 atom stereocenters. The van der Waals surface area contributed by atoms with Gasteiger partial charge in [0.2, 0.25) is 5.91 Å². The Bertz CT molecular complexity index is 783. The molecule has 3 rings (SSSR count). The monoisotopic (exact) mass is 392 g/mol. The highest BCUT2D eigenvalue weighted by Gasteiger charge is 2.28. The molecular weight excluding hydrogens is 368 g/mol. The van der Waals surface area contributed by atoms with Gasteiger partial charge in [-0.05, 0) is 57.2 Å². The lowest BCUT2D eigenvalue weighted by molar-refractivity contribution is -0.117. The number of likely N-dealkylation sites (N-methyl/N-ethyl adjacent to an activating group) is 1. The van der Waals surface area contributed by atoms with Crippen molar-refractivity contribution in [1.82, 2.24) is 4.90 Å². The lowest BCUT2D eigenvalue weighted by atomic mass is 10.1. The molecule has 0 aliphatic heterocycles. The van der Waals surface area contributed by atoms with Gasteiger partial charge in [-0.15, -0.1) is 22.7 Å². The molecule has 5 nitrogen and oxygen atoms in total. The quantitative estimate of drug-likeness (QED) is 0.721. The lowest BCUT2D eigenvalue weighted by Gasteiger charge is -2.23. The molecule has 0 radical (unpaired) electrons. The number of thiophene rings is 2. The van der Waals surface area contributed by atoms with Gasteiger partial charge in [-0.1, -0.05) is 6.07 Å². The molecule has 0 saturated heterocycles. The van der Waals surface area contributed by atoms with Gasteiger partial charge < -0.3 is 10.1 Å². The van der Waals surface area contributed by atoms with E-state index in [9.17, 15) is 9.59 Å². The Labute approximate surface area is 162 Å². The predicted octanol–water partition coefficient (Wildman–Crippen LogP) is 4.11. The number of esters is 1. The van der Waals surface area contributed by atoms with Crippen molar-refractivity contribution in [3.8, 4) is 0 Å². The summed E-state index contributed by atoms with van der Waals surface area (Å²) < 4.78 is 5.21. The molecule has 1 N–H and O–H groups in total. The van der Waals surface area contributed by atoms with E-state index in [-0.39, 0.29) is 24.5 Å². The second-order valence-corrected chi connectivity index (χ2v) is 8.52. The summed E-state index contributed by atoms with van der Waals surface area (Å²) in [6.07, 6.45) is 2.91. The van der Waals surface area contributed by atoms with Crippen LogP contribution in [0.1, 0.15) is 52.0 Å². The van der Waals surface area contributed by atoms with Crippen LogP contribution in [0.4, 0.5) is 5.00 Å². The molecule has 1 amide bonds. The number of hydrogen-bond acceptors (Lipinski definition) is 6. The van der Waals surface area contributed by atoms with Crippen molar-refractivity contribution in [2.75, 3.05) is 25.5 Å². The molecule has 7 heteroatoms. The summed E-state index contributed by atoms with van der Waals surface area (Å²) in [7, 11) is 1.94. The second-order valence-electron chi connectivity index (χ2n) is 6.44. The molecule has 1 aliphatic rings. The van der Waals surface area contributed by atoms with Crippen LogP contribution in [-0.4, -0.2) is 37.0 Å².